The molecule has 6 heteroatoms. The van der Waals surface area contributed by atoms with Gasteiger partial charge in [0, 0.05) is 17.6 Å². The van der Waals surface area contributed by atoms with Gasteiger partial charge in [0.1, 0.15) is 5.82 Å². The standard InChI is InChI=1S/C22H30FN3O2/c1-14(26(2)13-18-5-3-4-6-19(18)23)20(27)24-21(28)25-22-10-15-7-16(11-22)9-17(8-15)12-22/h3-6,14-17H,7-13H2,1-2H3,(H2,24,25,27,28)/t14-,15?,16?,17?,22?/m1/s1. The van der Waals surface area contributed by atoms with Crippen LogP contribution in [0.2, 0.25) is 0 Å². The summed E-state index contributed by atoms with van der Waals surface area (Å²) in [5.74, 6) is 1.54. The van der Waals surface area contributed by atoms with Gasteiger partial charge in [-0.3, -0.25) is 15.0 Å². The molecule has 0 aromatic heterocycles. The third-order valence-corrected chi connectivity index (χ3v) is 7.07. The number of nitrogens with zero attached hydrogens (tertiary/aromatic N) is 1. The molecule has 0 saturated heterocycles. The zero-order chi connectivity index (χ0) is 19.9. The van der Waals surface area contributed by atoms with Crippen LogP contribution in [0.3, 0.4) is 0 Å². The summed E-state index contributed by atoms with van der Waals surface area (Å²) >= 11 is 0. The van der Waals surface area contributed by atoms with Crippen LogP contribution in [0.5, 0.6) is 0 Å². The Hall–Kier alpha value is -1.95. The largest absolute Gasteiger partial charge is 0.332 e. The van der Waals surface area contributed by atoms with E-state index in [9.17, 15) is 14.0 Å². The molecule has 0 radical (unpaired) electrons. The first-order chi connectivity index (χ1) is 13.3. The molecule has 4 saturated carbocycles. The summed E-state index contributed by atoms with van der Waals surface area (Å²) in [6.45, 7) is 2.03. The van der Waals surface area contributed by atoms with Crippen molar-refractivity contribution in [3.05, 3.63) is 35.6 Å². The molecule has 152 valence electrons. The van der Waals surface area contributed by atoms with Crippen molar-refractivity contribution in [1.29, 1.82) is 0 Å². The fourth-order valence-corrected chi connectivity index (χ4v) is 5.98. The molecular formula is C22H30FN3O2. The minimum atomic E-state index is -0.540. The van der Waals surface area contributed by atoms with Gasteiger partial charge in [0.2, 0.25) is 5.91 Å². The quantitative estimate of drug-likeness (QED) is 0.814. The highest BCUT2D eigenvalue weighted by Gasteiger charge is 2.51. The first kappa shape index (κ1) is 19.4. The predicted octanol–water partition coefficient (Wildman–Crippen LogP) is 3.44. The van der Waals surface area contributed by atoms with E-state index >= 15 is 0 Å². The van der Waals surface area contributed by atoms with Crippen molar-refractivity contribution >= 4 is 11.9 Å². The number of hydrogen-bond donors (Lipinski definition) is 2. The second-order valence-electron chi connectivity index (χ2n) is 9.32. The summed E-state index contributed by atoms with van der Waals surface area (Å²) in [6.07, 6.45) is 7.05. The first-order valence-electron chi connectivity index (χ1n) is 10.4. The second-order valence-corrected chi connectivity index (χ2v) is 9.32. The number of imide groups is 1. The van der Waals surface area contributed by atoms with Gasteiger partial charge in [-0.15, -0.1) is 0 Å². The monoisotopic (exact) mass is 387 g/mol. The number of likely N-dealkylation sites (N-methyl/N-ethyl adjacent to an activating group) is 1. The van der Waals surface area contributed by atoms with Gasteiger partial charge in [0.15, 0.2) is 0 Å². The Morgan fingerprint density at radius 3 is 2.29 bits per heavy atom. The van der Waals surface area contributed by atoms with Gasteiger partial charge < -0.3 is 5.32 Å². The number of nitrogens with one attached hydrogen (secondary N) is 2. The Bertz CT molecular complexity index is 731. The molecule has 2 N–H and O–H groups in total. The van der Waals surface area contributed by atoms with Crippen molar-refractivity contribution in [2.24, 2.45) is 17.8 Å². The molecule has 4 fully saturated rings. The Morgan fingerprint density at radius 1 is 1.14 bits per heavy atom. The lowest BCUT2D eigenvalue weighted by atomic mass is 9.53. The van der Waals surface area contributed by atoms with E-state index in [4.69, 9.17) is 0 Å². The Morgan fingerprint density at radius 2 is 1.71 bits per heavy atom. The molecule has 5 nitrogen and oxygen atoms in total. The number of urea groups is 1. The number of hydrogen-bond acceptors (Lipinski definition) is 3. The van der Waals surface area contributed by atoms with Gasteiger partial charge in [-0.1, -0.05) is 18.2 Å². The van der Waals surface area contributed by atoms with Crippen LogP contribution >= 0.6 is 0 Å². The fourth-order valence-electron chi connectivity index (χ4n) is 5.98. The minimum Gasteiger partial charge on any atom is -0.332 e. The third-order valence-electron chi connectivity index (χ3n) is 7.07. The predicted molar refractivity (Wildman–Crippen MR) is 105 cm³/mol. The van der Waals surface area contributed by atoms with E-state index in [1.165, 1.54) is 25.3 Å². The summed E-state index contributed by atoms with van der Waals surface area (Å²) in [6, 6.07) is 5.60. The van der Waals surface area contributed by atoms with E-state index in [1.807, 2.05) is 0 Å². The second kappa shape index (κ2) is 7.47. The Labute approximate surface area is 166 Å². The summed E-state index contributed by atoms with van der Waals surface area (Å²) in [4.78, 5) is 26.8. The van der Waals surface area contributed by atoms with Crippen molar-refractivity contribution in [3.8, 4) is 0 Å². The average Bonchev–Trinajstić information content (AvgIpc) is 2.61. The molecule has 1 aromatic carbocycles. The number of rotatable bonds is 5. The summed E-state index contributed by atoms with van der Waals surface area (Å²) in [5, 5.41) is 5.67. The smallest absolute Gasteiger partial charge is 0.321 e. The normalized spacial score (nSPS) is 31.6. The van der Waals surface area contributed by atoms with E-state index in [2.05, 4.69) is 10.6 Å². The lowest BCUT2D eigenvalue weighted by Gasteiger charge is -2.56. The maximum absolute atomic E-state index is 13.8. The number of amides is 3. The summed E-state index contributed by atoms with van der Waals surface area (Å²) in [5.41, 5.74) is 0.407. The van der Waals surface area contributed by atoms with Crippen LogP contribution < -0.4 is 10.6 Å². The van der Waals surface area contributed by atoms with Gasteiger partial charge >= 0.3 is 6.03 Å². The van der Waals surface area contributed by atoms with Crippen LogP contribution in [0.25, 0.3) is 0 Å². The van der Waals surface area contributed by atoms with Gasteiger partial charge in [-0.25, -0.2) is 9.18 Å². The lowest BCUT2D eigenvalue weighted by molar-refractivity contribution is -0.124. The fraction of sp³-hybridized carbons (Fsp3) is 0.636. The number of carbonyl (C=O) groups is 2. The van der Waals surface area contributed by atoms with Crippen LogP contribution in [-0.4, -0.2) is 35.5 Å². The number of carbonyl (C=O) groups excluding carboxylic acids is 2. The summed E-state index contributed by atoms with van der Waals surface area (Å²) < 4.78 is 13.8. The molecule has 28 heavy (non-hydrogen) atoms. The molecule has 0 aliphatic heterocycles. The molecule has 0 spiro atoms. The molecule has 0 heterocycles. The number of halogens is 1. The lowest BCUT2D eigenvalue weighted by Crippen LogP contribution is -2.62. The highest BCUT2D eigenvalue weighted by atomic mass is 19.1. The Balaban J connectivity index is 1.31. The SMILES string of the molecule is C[C@H](C(=O)NC(=O)NC12CC3CC(CC(C3)C1)C2)N(C)Cc1ccccc1F. The van der Waals surface area contributed by atoms with E-state index in [-0.39, 0.29) is 17.3 Å². The molecule has 1 atom stereocenters. The third kappa shape index (κ3) is 3.93. The van der Waals surface area contributed by atoms with Gasteiger partial charge in [-0.2, -0.15) is 0 Å². The molecule has 3 amide bonds. The highest BCUT2D eigenvalue weighted by molar-refractivity contribution is 5.97. The van der Waals surface area contributed by atoms with Crippen molar-refractivity contribution in [2.75, 3.05) is 7.05 Å². The van der Waals surface area contributed by atoms with Crippen LogP contribution in [-0.2, 0) is 11.3 Å². The molecular weight excluding hydrogens is 357 g/mol. The van der Waals surface area contributed by atoms with Crippen LogP contribution in [0.4, 0.5) is 9.18 Å². The Kier molecular flexibility index (Phi) is 5.17. The van der Waals surface area contributed by atoms with Crippen LogP contribution in [0.15, 0.2) is 24.3 Å². The maximum Gasteiger partial charge on any atom is 0.321 e. The van der Waals surface area contributed by atoms with Crippen molar-refractivity contribution in [2.45, 2.75) is 63.6 Å². The molecule has 4 aliphatic carbocycles. The van der Waals surface area contributed by atoms with Crippen LogP contribution in [0, 0.1) is 23.6 Å². The molecule has 5 rings (SSSR count). The minimum absolute atomic E-state index is 0.124. The number of benzene rings is 1. The highest BCUT2D eigenvalue weighted by Crippen LogP contribution is 2.55. The van der Waals surface area contributed by atoms with Crippen molar-refractivity contribution in [3.63, 3.8) is 0 Å². The van der Waals surface area contributed by atoms with Crippen molar-refractivity contribution in [1.82, 2.24) is 15.5 Å². The zero-order valence-electron chi connectivity index (χ0n) is 16.7. The van der Waals surface area contributed by atoms with E-state index in [1.54, 1.807) is 37.1 Å². The van der Waals surface area contributed by atoms with E-state index in [0.717, 1.165) is 37.0 Å². The molecule has 1 aromatic rings. The van der Waals surface area contributed by atoms with Gasteiger partial charge in [0.25, 0.3) is 0 Å². The van der Waals surface area contributed by atoms with Gasteiger partial charge in [0.05, 0.1) is 6.04 Å². The van der Waals surface area contributed by atoms with Crippen LogP contribution in [0.1, 0.15) is 51.0 Å². The molecule has 0 unspecified atom stereocenters. The van der Waals surface area contributed by atoms with Gasteiger partial charge in [-0.05, 0) is 76.3 Å². The maximum atomic E-state index is 13.8. The topological polar surface area (TPSA) is 61.4 Å². The van der Waals surface area contributed by atoms with E-state index in [0.29, 0.717) is 12.1 Å². The molecule has 4 bridgehead atoms. The summed E-state index contributed by atoms with van der Waals surface area (Å²) in [7, 11) is 1.76. The van der Waals surface area contributed by atoms with E-state index < -0.39 is 12.1 Å². The zero-order valence-corrected chi connectivity index (χ0v) is 16.7. The first-order valence-corrected chi connectivity index (χ1v) is 10.4. The van der Waals surface area contributed by atoms with Crippen molar-refractivity contribution < 1.29 is 14.0 Å². The molecule has 4 aliphatic rings. The average molecular weight is 387 g/mol.